The normalized spacial score (nSPS) is 19.9. The fourth-order valence-electron chi connectivity index (χ4n) is 2.23. The van der Waals surface area contributed by atoms with E-state index in [-0.39, 0.29) is 11.5 Å². The first-order valence-corrected chi connectivity index (χ1v) is 5.85. The molecular formula is C14H17NO. The van der Waals surface area contributed by atoms with Gasteiger partial charge in [0.25, 0.3) is 0 Å². The largest absolute Gasteiger partial charge is 0.459 e. The predicted molar refractivity (Wildman–Crippen MR) is 65.2 cm³/mol. The lowest BCUT2D eigenvalue weighted by Crippen LogP contribution is -2.19. The second-order valence-corrected chi connectivity index (χ2v) is 5.27. The molecule has 2 N–H and O–H groups in total. The van der Waals surface area contributed by atoms with E-state index in [1.54, 1.807) is 0 Å². The molecule has 1 heterocycles. The zero-order valence-corrected chi connectivity index (χ0v) is 9.79. The first-order valence-electron chi connectivity index (χ1n) is 5.85. The van der Waals surface area contributed by atoms with Crippen molar-refractivity contribution in [3.63, 3.8) is 0 Å². The number of aryl methyl sites for hydroxylation is 1. The van der Waals surface area contributed by atoms with Gasteiger partial charge in [0.1, 0.15) is 11.3 Å². The van der Waals surface area contributed by atoms with E-state index in [2.05, 4.69) is 38.1 Å². The molecule has 0 amide bonds. The van der Waals surface area contributed by atoms with Crippen LogP contribution >= 0.6 is 0 Å². The number of fused-ring (bicyclic) bond motifs is 1. The average Bonchev–Trinajstić information content (AvgIpc) is 2.86. The summed E-state index contributed by atoms with van der Waals surface area (Å²) >= 11 is 0. The highest BCUT2D eigenvalue weighted by molar-refractivity contribution is 5.81. The van der Waals surface area contributed by atoms with Gasteiger partial charge in [0.05, 0.1) is 6.04 Å². The van der Waals surface area contributed by atoms with E-state index in [1.165, 1.54) is 18.4 Å². The minimum Gasteiger partial charge on any atom is -0.459 e. The van der Waals surface area contributed by atoms with Gasteiger partial charge >= 0.3 is 0 Å². The summed E-state index contributed by atoms with van der Waals surface area (Å²) in [6.07, 6.45) is 2.42. The minimum absolute atomic E-state index is 0.0410. The summed E-state index contributed by atoms with van der Waals surface area (Å²) in [6.45, 7) is 4.30. The van der Waals surface area contributed by atoms with Crippen molar-refractivity contribution < 1.29 is 4.42 Å². The van der Waals surface area contributed by atoms with Crippen LogP contribution in [0.4, 0.5) is 0 Å². The molecule has 1 saturated carbocycles. The van der Waals surface area contributed by atoms with Crippen molar-refractivity contribution in [3.05, 3.63) is 35.6 Å². The Morgan fingerprint density at radius 1 is 1.38 bits per heavy atom. The molecule has 0 bridgehead atoms. The lowest BCUT2D eigenvalue weighted by molar-refractivity contribution is 0.379. The molecule has 2 heteroatoms. The highest BCUT2D eigenvalue weighted by Gasteiger charge is 2.45. The van der Waals surface area contributed by atoms with Gasteiger partial charge in [0, 0.05) is 5.39 Å². The maximum absolute atomic E-state index is 6.25. The van der Waals surface area contributed by atoms with Crippen LogP contribution in [0.25, 0.3) is 11.0 Å². The number of benzene rings is 1. The molecule has 1 aromatic heterocycles. The molecule has 16 heavy (non-hydrogen) atoms. The number of para-hydroxylation sites is 1. The highest BCUT2D eigenvalue weighted by atomic mass is 16.3. The Morgan fingerprint density at radius 2 is 2.12 bits per heavy atom. The molecule has 0 spiro atoms. The number of furan rings is 1. The van der Waals surface area contributed by atoms with Crippen LogP contribution in [0.3, 0.4) is 0 Å². The van der Waals surface area contributed by atoms with Gasteiger partial charge in [-0.2, -0.15) is 0 Å². The van der Waals surface area contributed by atoms with Crippen molar-refractivity contribution in [2.75, 3.05) is 0 Å². The van der Waals surface area contributed by atoms with E-state index in [1.807, 2.05) is 0 Å². The molecule has 2 nitrogen and oxygen atoms in total. The summed E-state index contributed by atoms with van der Waals surface area (Å²) in [7, 11) is 0. The van der Waals surface area contributed by atoms with Crippen LogP contribution in [-0.4, -0.2) is 0 Å². The smallest absolute Gasteiger partial charge is 0.137 e. The third-order valence-corrected chi connectivity index (χ3v) is 3.86. The van der Waals surface area contributed by atoms with Gasteiger partial charge in [-0.15, -0.1) is 0 Å². The summed E-state index contributed by atoms with van der Waals surface area (Å²) in [5.41, 5.74) is 8.68. The van der Waals surface area contributed by atoms with Crippen molar-refractivity contribution in [1.82, 2.24) is 0 Å². The first kappa shape index (κ1) is 9.91. The summed E-state index contributed by atoms with van der Waals surface area (Å²) in [5, 5.41) is 1.16. The molecule has 0 radical (unpaired) electrons. The number of hydrogen-bond donors (Lipinski definition) is 1. The van der Waals surface area contributed by atoms with Gasteiger partial charge in [-0.1, -0.05) is 25.1 Å². The van der Waals surface area contributed by atoms with Crippen molar-refractivity contribution in [1.29, 1.82) is 0 Å². The van der Waals surface area contributed by atoms with E-state index in [9.17, 15) is 0 Å². The quantitative estimate of drug-likeness (QED) is 0.832. The molecule has 1 aromatic carbocycles. The van der Waals surface area contributed by atoms with Crippen LogP contribution in [0.1, 0.15) is 37.1 Å². The Labute approximate surface area is 95.4 Å². The topological polar surface area (TPSA) is 39.2 Å². The van der Waals surface area contributed by atoms with Crippen LogP contribution < -0.4 is 5.73 Å². The monoisotopic (exact) mass is 215 g/mol. The second-order valence-electron chi connectivity index (χ2n) is 5.27. The lowest BCUT2D eigenvalue weighted by atomic mass is 9.97. The van der Waals surface area contributed by atoms with E-state index in [0.717, 1.165) is 16.7 Å². The fraction of sp³-hybridized carbons (Fsp3) is 0.429. The summed E-state index contributed by atoms with van der Waals surface area (Å²) in [4.78, 5) is 0. The zero-order chi connectivity index (χ0) is 11.3. The molecule has 0 aliphatic heterocycles. The Balaban J connectivity index is 2.08. The maximum Gasteiger partial charge on any atom is 0.137 e. The van der Waals surface area contributed by atoms with Crippen molar-refractivity contribution >= 4 is 11.0 Å². The SMILES string of the molecule is Cc1cccc2cc(C(N)C3(C)CC3)oc12. The molecule has 1 unspecified atom stereocenters. The Bertz CT molecular complexity index is 537. The minimum atomic E-state index is 0.0410. The zero-order valence-electron chi connectivity index (χ0n) is 9.79. The van der Waals surface area contributed by atoms with Gasteiger partial charge in [-0.3, -0.25) is 0 Å². The third kappa shape index (κ3) is 1.37. The molecule has 0 saturated heterocycles. The number of nitrogens with two attached hydrogens (primary N) is 1. The van der Waals surface area contributed by atoms with Gasteiger partial charge in [-0.05, 0) is 36.8 Å². The summed E-state index contributed by atoms with van der Waals surface area (Å²) < 4.78 is 5.90. The van der Waals surface area contributed by atoms with Crippen LogP contribution in [0.5, 0.6) is 0 Å². The van der Waals surface area contributed by atoms with Crippen molar-refractivity contribution in [3.8, 4) is 0 Å². The van der Waals surface area contributed by atoms with Gasteiger partial charge in [0.15, 0.2) is 0 Å². The highest BCUT2D eigenvalue weighted by Crippen LogP contribution is 2.53. The van der Waals surface area contributed by atoms with E-state index < -0.39 is 0 Å². The molecule has 84 valence electrons. The van der Waals surface area contributed by atoms with Crippen LogP contribution in [0, 0.1) is 12.3 Å². The molecule has 1 aliphatic carbocycles. The van der Waals surface area contributed by atoms with Gasteiger partial charge < -0.3 is 10.2 Å². The molecule has 3 rings (SSSR count). The van der Waals surface area contributed by atoms with Crippen LogP contribution in [0.15, 0.2) is 28.7 Å². The Morgan fingerprint density at radius 3 is 2.75 bits per heavy atom. The first-order chi connectivity index (χ1) is 7.60. The van der Waals surface area contributed by atoms with Gasteiger partial charge in [0.2, 0.25) is 0 Å². The summed E-state index contributed by atoms with van der Waals surface area (Å²) in [6, 6.07) is 8.34. The molecule has 2 aromatic rings. The lowest BCUT2D eigenvalue weighted by Gasteiger charge is -2.15. The van der Waals surface area contributed by atoms with E-state index >= 15 is 0 Å². The van der Waals surface area contributed by atoms with Crippen molar-refractivity contribution in [2.45, 2.75) is 32.7 Å². The van der Waals surface area contributed by atoms with E-state index in [0.29, 0.717) is 0 Å². The second kappa shape index (κ2) is 3.11. The molecule has 1 fully saturated rings. The van der Waals surface area contributed by atoms with Gasteiger partial charge in [-0.25, -0.2) is 0 Å². The van der Waals surface area contributed by atoms with Crippen molar-refractivity contribution in [2.24, 2.45) is 11.1 Å². The Kier molecular flexibility index (Phi) is 1.93. The standard InChI is InChI=1S/C14H17NO/c1-9-4-3-5-10-8-11(16-12(9)10)13(15)14(2)6-7-14/h3-5,8,13H,6-7,15H2,1-2H3. The average molecular weight is 215 g/mol. The van der Waals surface area contributed by atoms with E-state index in [4.69, 9.17) is 10.2 Å². The molecular weight excluding hydrogens is 198 g/mol. The van der Waals surface area contributed by atoms with Crippen LogP contribution in [0.2, 0.25) is 0 Å². The fourth-order valence-corrected chi connectivity index (χ4v) is 2.23. The number of hydrogen-bond acceptors (Lipinski definition) is 2. The molecule has 1 atom stereocenters. The third-order valence-electron chi connectivity index (χ3n) is 3.86. The predicted octanol–water partition coefficient (Wildman–Crippen LogP) is 3.54. The maximum atomic E-state index is 6.25. The summed E-state index contributed by atoms with van der Waals surface area (Å²) in [5.74, 6) is 0.935. The Hall–Kier alpha value is -1.28. The number of rotatable bonds is 2. The molecule has 1 aliphatic rings. The van der Waals surface area contributed by atoms with Crippen LogP contribution in [-0.2, 0) is 0 Å².